The fraction of sp³-hybridized carbons (Fsp3) is 0.200. The number of benzene rings is 2. The van der Waals surface area contributed by atoms with Crippen LogP contribution in [0.5, 0.6) is 5.75 Å². The molecule has 0 bridgehead atoms. The van der Waals surface area contributed by atoms with E-state index in [1.165, 1.54) is 5.56 Å². The van der Waals surface area contributed by atoms with Gasteiger partial charge >= 0.3 is 0 Å². The van der Waals surface area contributed by atoms with Crippen LogP contribution in [0.25, 0.3) is 0 Å². The van der Waals surface area contributed by atoms with E-state index in [0.29, 0.717) is 0 Å². The minimum atomic E-state index is -0.197. The standard InChI is InChI=1S/C15H11Br2ClO/c16-11-3-1-9(2-4-11)14(18)13-8-12(17)7-10-5-6-19-15(10)13/h1-4,7-8,14H,5-6H2. The fourth-order valence-corrected chi connectivity index (χ4v) is 3.39. The summed E-state index contributed by atoms with van der Waals surface area (Å²) in [5, 5.41) is -0.197. The maximum Gasteiger partial charge on any atom is 0.127 e. The molecule has 4 heteroatoms. The molecule has 1 aliphatic rings. The first-order valence-corrected chi connectivity index (χ1v) is 8.02. The molecule has 2 aromatic rings. The van der Waals surface area contributed by atoms with E-state index < -0.39 is 0 Å². The Morgan fingerprint density at radius 2 is 1.79 bits per heavy atom. The zero-order valence-corrected chi connectivity index (χ0v) is 13.9. The molecule has 19 heavy (non-hydrogen) atoms. The van der Waals surface area contributed by atoms with Gasteiger partial charge in [-0.3, -0.25) is 0 Å². The number of hydrogen-bond donors (Lipinski definition) is 0. The molecule has 0 saturated heterocycles. The average molecular weight is 403 g/mol. The molecule has 1 unspecified atom stereocenters. The first-order chi connectivity index (χ1) is 9.15. The van der Waals surface area contributed by atoms with Crippen LogP contribution in [0.1, 0.15) is 22.1 Å². The smallest absolute Gasteiger partial charge is 0.127 e. The molecule has 1 atom stereocenters. The molecule has 0 saturated carbocycles. The van der Waals surface area contributed by atoms with Crippen molar-refractivity contribution in [1.82, 2.24) is 0 Å². The highest BCUT2D eigenvalue weighted by Gasteiger charge is 2.23. The van der Waals surface area contributed by atoms with Crippen molar-refractivity contribution in [1.29, 1.82) is 0 Å². The SMILES string of the molecule is ClC(c1ccc(Br)cc1)c1cc(Br)cc2c1OCC2. The van der Waals surface area contributed by atoms with Crippen LogP contribution in [0.15, 0.2) is 45.3 Å². The number of fused-ring (bicyclic) bond motifs is 1. The van der Waals surface area contributed by atoms with Gasteiger partial charge in [-0.15, -0.1) is 11.6 Å². The molecule has 0 aliphatic carbocycles. The van der Waals surface area contributed by atoms with Gasteiger partial charge in [-0.05, 0) is 35.4 Å². The highest BCUT2D eigenvalue weighted by Crippen LogP contribution is 2.41. The minimum Gasteiger partial charge on any atom is -0.493 e. The summed E-state index contributed by atoms with van der Waals surface area (Å²) in [7, 11) is 0. The van der Waals surface area contributed by atoms with Crippen LogP contribution in [0, 0.1) is 0 Å². The minimum absolute atomic E-state index is 0.197. The van der Waals surface area contributed by atoms with Crippen molar-refractivity contribution >= 4 is 43.5 Å². The van der Waals surface area contributed by atoms with E-state index >= 15 is 0 Å². The molecule has 3 rings (SSSR count). The lowest BCUT2D eigenvalue weighted by Crippen LogP contribution is -1.97. The fourth-order valence-electron chi connectivity index (χ4n) is 2.30. The Labute approximate surface area is 134 Å². The maximum atomic E-state index is 6.62. The van der Waals surface area contributed by atoms with Crippen molar-refractivity contribution in [3.8, 4) is 5.75 Å². The molecule has 1 heterocycles. The second-order valence-corrected chi connectivity index (χ2v) is 6.76. The van der Waals surface area contributed by atoms with Crippen molar-refractivity contribution in [3.63, 3.8) is 0 Å². The summed E-state index contributed by atoms with van der Waals surface area (Å²) in [6, 6.07) is 12.2. The van der Waals surface area contributed by atoms with E-state index in [1.54, 1.807) is 0 Å². The van der Waals surface area contributed by atoms with Gasteiger partial charge in [0.15, 0.2) is 0 Å². The van der Waals surface area contributed by atoms with Gasteiger partial charge in [0.2, 0.25) is 0 Å². The molecule has 2 aromatic carbocycles. The van der Waals surface area contributed by atoms with Crippen LogP contribution in [0.4, 0.5) is 0 Å². The topological polar surface area (TPSA) is 9.23 Å². The highest BCUT2D eigenvalue weighted by molar-refractivity contribution is 9.10. The third-order valence-electron chi connectivity index (χ3n) is 3.21. The number of alkyl halides is 1. The Bertz CT molecular complexity index is 610. The summed E-state index contributed by atoms with van der Waals surface area (Å²) in [5.41, 5.74) is 3.33. The third kappa shape index (κ3) is 2.69. The Morgan fingerprint density at radius 3 is 2.53 bits per heavy atom. The van der Waals surface area contributed by atoms with Crippen LogP contribution in [0.2, 0.25) is 0 Å². The Morgan fingerprint density at radius 1 is 1.05 bits per heavy atom. The van der Waals surface area contributed by atoms with Gasteiger partial charge in [0.1, 0.15) is 5.75 Å². The summed E-state index contributed by atoms with van der Waals surface area (Å²) >= 11 is 13.6. The molecule has 0 fully saturated rings. The molecule has 0 amide bonds. The molecule has 0 aromatic heterocycles. The van der Waals surface area contributed by atoms with Gasteiger partial charge in [0, 0.05) is 20.9 Å². The number of halogens is 3. The first kappa shape index (κ1) is 13.5. The Hall–Kier alpha value is -0.510. The molecule has 1 nitrogen and oxygen atoms in total. The molecule has 98 valence electrons. The van der Waals surface area contributed by atoms with Gasteiger partial charge in [0.25, 0.3) is 0 Å². The molecule has 0 spiro atoms. The average Bonchev–Trinajstić information content (AvgIpc) is 2.85. The van der Waals surface area contributed by atoms with Gasteiger partial charge in [-0.25, -0.2) is 0 Å². The Balaban J connectivity index is 2.04. The van der Waals surface area contributed by atoms with Gasteiger partial charge in [0.05, 0.1) is 12.0 Å². The summed E-state index contributed by atoms with van der Waals surface area (Å²) in [4.78, 5) is 0. The normalized spacial score (nSPS) is 14.9. The lowest BCUT2D eigenvalue weighted by Gasteiger charge is -2.15. The molecular weight excluding hydrogens is 391 g/mol. The predicted molar refractivity (Wildman–Crippen MR) is 85.2 cm³/mol. The number of hydrogen-bond acceptors (Lipinski definition) is 1. The van der Waals surface area contributed by atoms with E-state index in [1.807, 2.05) is 30.3 Å². The predicted octanol–water partition coefficient (Wildman–Crippen LogP) is 5.47. The van der Waals surface area contributed by atoms with Crippen molar-refractivity contribution in [2.45, 2.75) is 11.8 Å². The monoisotopic (exact) mass is 400 g/mol. The summed E-state index contributed by atoms with van der Waals surface area (Å²) in [6.45, 7) is 0.739. The van der Waals surface area contributed by atoms with Crippen LogP contribution < -0.4 is 4.74 Å². The molecule has 1 aliphatic heterocycles. The highest BCUT2D eigenvalue weighted by atomic mass is 79.9. The lowest BCUT2D eigenvalue weighted by molar-refractivity contribution is 0.353. The second kappa shape index (κ2) is 5.47. The zero-order chi connectivity index (χ0) is 13.4. The summed E-state index contributed by atoms with van der Waals surface area (Å²) < 4.78 is 7.84. The van der Waals surface area contributed by atoms with Gasteiger partial charge in [-0.2, -0.15) is 0 Å². The summed E-state index contributed by atoms with van der Waals surface area (Å²) in [5.74, 6) is 0.950. The third-order valence-corrected chi connectivity index (χ3v) is 4.69. The van der Waals surface area contributed by atoms with Crippen LogP contribution in [0.3, 0.4) is 0 Å². The van der Waals surface area contributed by atoms with Crippen molar-refractivity contribution in [3.05, 3.63) is 62.0 Å². The quantitative estimate of drug-likeness (QED) is 0.605. The van der Waals surface area contributed by atoms with Crippen molar-refractivity contribution in [2.75, 3.05) is 6.61 Å². The second-order valence-electron chi connectivity index (χ2n) is 4.50. The van der Waals surface area contributed by atoms with E-state index in [-0.39, 0.29) is 5.38 Å². The number of ether oxygens (including phenoxy) is 1. The van der Waals surface area contributed by atoms with Crippen LogP contribution in [-0.4, -0.2) is 6.61 Å². The lowest BCUT2D eigenvalue weighted by atomic mass is 10.0. The van der Waals surface area contributed by atoms with E-state index in [4.69, 9.17) is 16.3 Å². The zero-order valence-electron chi connectivity index (χ0n) is 10.00. The van der Waals surface area contributed by atoms with Gasteiger partial charge < -0.3 is 4.74 Å². The Kier molecular flexibility index (Phi) is 3.88. The maximum absolute atomic E-state index is 6.62. The van der Waals surface area contributed by atoms with Crippen LogP contribution in [-0.2, 0) is 6.42 Å². The number of rotatable bonds is 2. The van der Waals surface area contributed by atoms with Crippen molar-refractivity contribution < 1.29 is 4.74 Å². The molecule has 0 N–H and O–H groups in total. The van der Waals surface area contributed by atoms with E-state index in [2.05, 4.69) is 37.9 Å². The molecule has 0 radical (unpaired) electrons. The van der Waals surface area contributed by atoms with Crippen molar-refractivity contribution in [2.24, 2.45) is 0 Å². The largest absolute Gasteiger partial charge is 0.493 e. The van der Waals surface area contributed by atoms with E-state index in [0.717, 1.165) is 38.8 Å². The van der Waals surface area contributed by atoms with Crippen LogP contribution >= 0.6 is 43.5 Å². The summed E-state index contributed by atoms with van der Waals surface area (Å²) in [6.07, 6.45) is 0.950. The molecular formula is C15H11Br2ClO. The van der Waals surface area contributed by atoms with Gasteiger partial charge in [-0.1, -0.05) is 44.0 Å². The van der Waals surface area contributed by atoms with E-state index in [9.17, 15) is 0 Å². The first-order valence-electron chi connectivity index (χ1n) is 6.00.